The second-order valence-electron chi connectivity index (χ2n) is 9.83. The third-order valence-electron chi connectivity index (χ3n) is 6.49. The molecule has 3 rings (SSSR count). The van der Waals surface area contributed by atoms with E-state index in [-0.39, 0.29) is 17.7 Å². The lowest BCUT2D eigenvalue weighted by molar-refractivity contribution is -0.133. The van der Waals surface area contributed by atoms with E-state index in [1.807, 2.05) is 44.8 Å². The predicted octanol–water partition coefficient (Wildman–Crippen LogP) is 4.03. The molecule has 34 heavy (non-hydrogen) atoms. The highest BCUT2D eigenvalue weighted by Gasteiger charge is 2.40. The molecule has 0 spiro atoms. The van der Waals surface area contributed by atoms with Gasteiger partial charge in [0, 0.05) is 31.6 Å². The Morgan fingerprint density at radius 1 is 1.24 bits per heavy atom. The van der Waals surface area contributed by atoms with Crippen molar-refractivity contribution < 1.29 is 22.7 Å². The molecule has 0 aromatic heterocycles. The number of hydrogen-bond donors (Lipinski definition) is 1. The fourth-order valence-corrected chi connectivity index (χ4v) is 6.09. The number of nitrogens with one attached hydrogen (secondary N) is 1. The van der Waals surface area contributed by atoms with Gasteiger partial charge in [-0.25, -0.2) is 13.4 Å². The number of hydrazine groups is 1. The van der Waals surface area contributed by atoms with E-state index in [0.717, 1.165) is 37.9 Å². The summed E-state index contributed by atoms with van der Waals surface area (Å²) in [6.45, 7) is 11.7. The van der Waals surface area contributed by atoms with Crippen molar-refractivity contribution in [1.82, 2.24) is 14.7 Å². The zero-order valence-corrected chi connectivity index (χ0v) is 22.1. The molecule has 1 amide bonds. The van der Waals surface area contributed by atoms with Crippen LogP contribution in [0.3, 0.4) is 0 Å². The van der Waals surface area contributed by atoms with Gasteiger partial charge >= 0.3 is 0 Å². The number of nitrogens with zero attached hydrogens (tertiary/aromatic N) is 2. The van der Waals surface area contributed by atoms with Crippen LogP contribution in [0.4, 0.5) is 0 Å². The van der Waals surface area contributed by atoms with Crippen molar-refractivity contribution >= 4 is 15.9 Å². The van der Waals surface area contributed by atoms with Gasteiger partial charge in [0.2, 0.25) is 10.0 Å². The van der Waals surface area contributed by atoms with Crippen LogP contribution < -0.4 is 14.9 Å². The summed E-state index contributed by atoms with van der Waals surface area (Å²) >= 11 is 0. The second kappa shape index (κ2) is 11.3. The summed E-state index contributed by atoms with van der Waals surface area (Å²) in [6.07, 6.45) is 4.50. The smallest absolute Gasteiger partial charge is 0.275 e. The first-order chi connectivity index (χ1) is 16.1. The molecule has 1 N–H and O–H groups in total. The summed E-state index contributed by atoms with van der Waals surface area (Å²) in [5.74, 6) is 1.09. The highest BCUT2D eigenvalue weighted by atomic mass is 32.2. The van der Waals surface area contributed by atoms with Crippen LogP contribution >= 0.6 is 0 Å². The fourth-order valence-electron chi connectivity index (χ4n) is 4.72. The summed E-state index contributed by atoms with van der Waals surface area (Å²) in [4.78, 5) is 12.9. The van der Waals surface area contributed by atoms with Gasteiger partial charge in [0.15, 0.2) is 6.10 Å². The number of fused-ring (bicyclic) bond motifs is 1. The van der Waals surface area contributed by atoms with E-state index in [0.29, 0.717) is 30.9 Å². The average molecular weight is 496 g/mol. The lowest BCUT2D eigenvalue weighted by atomic mass is 9.89. The molecule has 9 heteroatoms. The molecule has 1 saturated heterocycles. The molecule has 0 aliphatic carbocycles. The monoisotopic (exact) mass is 495 g/mol. The number of sulfonamides is 1. The van der Waals surface area contributed by atoms with Gasteiger partial charge in [-0.1, -0.05) is 20.3 Å². The zero-order valence-electron chi connectivity index (χ0n) is 21.3. The third-order valence-corrected chi connectivity index (χ3v) is 8.37. The van der Waals surface area contributed by atoms with Crippen LogP contribution in [-0.4, -0.2) is 60.7 Å². The van der Waals surface area contributed by atoms with Gasteiger partial charge in [0.05, 0.1) is 11.8 Å². The Balaban J connectivity index is 1.86. The Labute approximate surface area is 205 Å². The first-order valence-electron chi connectivity index (χ1n) is 12.6. The molecular formula is C25H41N3O5S. The molecule has 0 radical (unpaired) electrons. The molecule has 2 aliphatic heterocycles. The van der Waals surface area contributed by atoms with Crippen molar-refractivity contribution in [2.24, 2.45) is 0 Å². The van der Waals surface area contributed by atoms with Crippen molar-refractivity contribution in [2.75, 3.05) is 25.4 Å². The summed E-state index contributed by atoms with van der Waals surface area (Å²) in [6, 6.07) is 5.12. The molecule has 2 heterocycles. The van der Waals surface area contributed by atoms with Crippen LogP contribution in [0.15, 0.2) is 18.2 Å². The number of ether oxygens (including phenoxy) is 2. The third kappa shape index (κ3) is 6.43. The predicted molar refractivity (Wildman–Crippen MR) is 133 cm³/mol. The van der Waals surface area contributed by atoms with E-state index in [9.17, 15) is 13.2 Å². The van der Waals surface area contributed by atoms with E-state index in [1.54, 1.807) is 17.3 Å². The van der Waals surface area contributed by atoms with Gasteiger partial charge in [0.1, 0.15) is 17.1 Å². The lowest BCUT2D eigenvalue weighted by Crippen LogP contribution is -2.50. The molecule has 192 valence electrons. The van der Waals surface area contributed by atoms with E-state index < -0.39 is 21.7 Å². The molecule has 1 aromatic rings. The Bertz CT molecular complexity index is 944. The summed E-state index contributed by atoms with van der Waals surface area (Å²) < 4.78 is 39.9. The summed E-state index contributed by atoms with van der Waals surface area (Å²) in [7, 11) is -3.42. The maximum absolute atomic E-state index is 13.0. The maximum atomic E-state index is 13.0. The van der Waals surface area contributed by atoms with Crippen molar-refractivity contribution in [1.29, 1.82) is 0 Å². The molecule has 2 atom stereocenters. The van der Waals surface area contributed by atoms with Crippen LogP contribution in [0.5, 0.6) is 11.5 Å². The zero-order chi connectivity index (χ0) is 24.9. The number of rotatable bonds is 10. The summed E-state index contributed by atoms with van der Waals surface area (Å²) in [5, 5.41) is 1.97. The first-order valence-corrected chi connectivity index (χ1v) is 14.3. The van der Waals surface area contributed by atoms with Crippen molar-refractivity contribution in [3.8, 4) is 11.5 Å². The van der Waals surface area contributed by atoms with Crippen LogP contribution in [0, 0.1) is 0 Å². The van der Waals surface area contributed by atoms with Gasteiger partial charge in [-0.2, -0.15) is 4.31 Å². The minimum Gasteiger partial charge on any atom is -0.487 e. The van der Waals surface area contributed by atoms with Crippen LogP contribution in [0.2, 0.25) is 0 Å². The van der Waals surface area contributed by atoms with Gasteiger partial charge in [-0.3, -0.25) is 10.2 Å². The molecule has 0 saturated carbocycles. The van der Waals surface area contributed by atoms with Crippen LogP contribution in [0.25, 0.3) is 0 Å². The number of benzene rings is 1. The lowest BCUT2D eigenvalue weighted by Gasteiger charge is -2.42. The first kappa shape index (κ1) is 26.8. The minimum absolute atomic E-state index is 0.0465. The molecule has 0 bridgehead atoms. The number of carbonyl (C=O) groups excluding carboxylic acids is 1. The van der Waals surface area contributed by atoms with E-state index in [4.69, 9.17) is 9.47 Å². The van der Waals surface area contributed by atoms with Crippen molar-refractivity contribution in [3.05, 3.63) is 23.8 Å². The normalized spacial score (nSPS) is 21.4. The van der Waals surface area contributed by atoms with Crippen LogP contribution in [0.1, 0.15) is 84.7 Å². The quantitative estimate of drug-likeness (QED) is 0.527. The standard InChI is InChI=1S/C25H41N3O5S/c1-6-14-28(34(30,31)8-3)21-18-25(4,5)33-23-13-12-19(17-20(21)23)32-22(7-2)24(29)26-27-15-10-9-11-16-27/h12-13,17,21-22H,6-11,14-16,18H2,1-5H3,(H,26,29). The number of carbonyl (C=O) groups is 1. The van der Waals surface area contributed by atoms with Crippen molar-refractivity contribution in [3.63, 3.8) is 0 Å². The maximum Gasteiger partial charge on any atom is 0.275 e. The van der Waals surface area contributed by atoms with Gasteiger partial charge < -0.3 is 9.47 Å². The van der Waals surface area contributed by atoms with E-state index in [2.05, 4.69) is 5.43 Å². The molecule has 2 aliphatic rings. The highest BCUT2D eigenvalue weighted by molar-refractivity contribution is 7.89. The Hall–Kier alpha value is -1.84. The minimum atomic E-state index is -3.42. The topological polar surface area (TPSA) is 88.2 Å². The average Bonchev–Trinajstić information content (AvgIpc) is 2.80. The Morgan fingerprint density at radius 3 is 2.56 bits per heavy atom. The van der Waals surface area contributed by atoms with Crippen molar-refractivity contribution in [2.45, 2.75) is 90.9 Å². The molecule has 1 fully saturated rings. The number of amides is 1. The van der Waals surface area contributed by atoms with Gasteiger partial charge in [-0.05, 0) is 64.7 Å². The Morgan fingerprint density at radius 2 is 1.94 bits per heavy atom. The molecular weight excluding hydrogens is 454 g/mol. The highest BCUT2D eigenvalue weighted by Crippen LogP contribution is 2.45. The van der Waals surface area contributed by atoms with E-state index in [1.165, 1.54) is 6.42 Å². The van der Waals surface area contributed by atoms with Crippen LogP contribution in [-0.2, 0) is 14.8 Å². The SMILES string of the molecule is CCCN(C1CC(C)(C)Oc2ccc(OC(CC)C(=O)NN3CCCCC3)cc21)S(=O)(=O)CC. The molecule has 1 aromatic carbocycles. The summed E-state index contributed by atoms with van der Waals surface area (Å²) in [5.41, 5.74) is 3.27. The second-order valence-corrected chi connectivity index (χ2v) is 12.0. The Kier molecular flexibility index (Phi) is 8.87. The van der Waals surface area contributed by atoms with E-state index >= 15 is 0 Å². The van der Waals surface area contributed by atoms with Gasteiger partial charge in [-0.15, -0.1) is 0 Å². The molecule has 8 nitrogen and oxygen atoms in total. The fraction of sp³-hybridized carbons (Fsp3) is 0.720. The van der Waals surface area contributed by atoms with Gasteiger partial charge in [0.25, 0.3) is 5.91 Å². The number of hydrogen-bond acceptors (Lipinski definition) is 6. The largest absolute Gasteiger partial charge is 0.487 e. The molecule has 2 unspecified atom stereocenters. The number of piperidine rings is 1.